The lowest BCUT2D eigenvalue weighted by atomic mass is 10.1. The second kappa shape index (κ2) is 3.62. The van der Waals surface area contributed by atoms with Crippen LogP contribution in [0.5, 0.6) is 0 Å². The smallest absolute Gasteiger partial charge is 0.0702 e. The summed E-state index contributed by atoms with van der Waals surface area (Å²) >= 11 is 0. The van der Waals surface area contributed by atoms with Crippen molar-refractivity contribution in [1.82, 2.24) is 4.98 Å². The molecule has 2 aromatic rings. The van der Waals surface area contributed by atoms with E-state index in [1.165, 1.54) is 24.4 Å². The molecule has 0 atom stereocenters. The van der Waals surface area contributed by atoms with Crippen LogP contribution in [0.15, 0.2) is 42.6 Å². The molecule has 0 saturated carbocycles. The van der Waals surface area contributed by atoms with Crippen LogP contribution < -0.4 is 0 Å². The van der Waals surface area contributed by atoms with Gasteiger partial charge in [0, 0.05) is 20.0 Å². The van der Waals surface area contributed by atoms with Crippen molar-refractivity contribution in [3.8, 4) is 11.3 Å². The number of benzene rings is 1. The van der Waals surface area contributed by atoms with Gasteiger partial charge in [0.05, 0.1) is 5.69 Å². The van der Waals surface area contributed by atoms with Gasteiger partial charge in [0.15, 0.2) is 0 Å². The number of hydrogen-bond donors (Lipinski definition) is 0. The van der Waals surface area contributed by atoms with Crippen LogP contribution in [0, 0.1) is 13.7 Å². The molecule has 0 aliphatic rings. The molecule has 0 N–H and O–H groups in total. The molecule has 2 rings (SSSR count). The Kier molecular flexibility index (Phi) is 1.10. The van der Waals surface area contributed by atoms with Gasteiger partial charge in [0.1, 0.15) is 0 Å². The lowest BCUT2D eigenvalue weighted by Crippen LogP contribution is -1.83. The van der Waals surface area contributed by atoms with Gasteiger partial charge in [-0.05, 0) is 25.3 Å². The fourth-order valence-corrected chi connectivity index (χ4v) is 1.21. The molecule has 1 aromatic carbocycles. The minimum Gasteiger partial charge on any atom is -0.256 e. The van der Waals surface area contributed by atoms with Gasteiger partial charge in [0.2, 0.25) is 0 Å². The second-order valence-electron chi connectivity index (χ2n) is 3.01. The van der Waals surface area contributed by atoms with Crippen LogP contribution in [-0.2, 0) is 0 Å². The van der Waals surface area contributed by atoms with Crippen LogP contribution in [0.3, 0.4) is 0 Å². The molecule has 1 heteroatoms. The largest absolute Gasteiger partial charge is 0.256 e. The van der Waals surface area contributed by atoms with Gasteiger partial charge in [-0.15, -0.1) is 0 Å². The third-order valence-electron chi connectivity index (χ3n) is 1.94. The number of aromatic nitrogens is 1. The van der Waals surface area contributed by atoms with Crippen LogP contribution in [0.4, 0.5) is 0 Å². The zero-order valence-electron chi connectivity index (χ0n) is 13.5. The lowest BCUT2D eigenvalue weighted by Gasteiger charge is -2.01. The first-order chi connectivity index (χ1) is 9.18. The van der Waals surface area contributed by atoms with Crippen molar-refractivity contribution < 1.29 is 8.22 Å². The van der Waals surface area contributed by atoms with Crippen LogP contribution in [0.1, 0.15) is 19.4 Å². The maximum Gasteiger partial charge on any atom is 0.0702 e. The number of aryl methyl sites for hydroxylation is 2. The molecule has 70 valence electrons. The average molecular weight is 189 g/mol. The van der Waals surface area contributed by atoms with Crippen LogP contribution in [-0.4, -0.2) is 4.98 Å². The molecule has 0 fully saturated rings. The second-order valence-corrected chi connectivity index (χ2v) is 3.01. The van der Waals surface area contributed by atoms with Crippen LogP contribution >= 0.6 is 0 Å². The summed E-state index contributed by atoms with van der Waals surface area (Å²) in [6, 6.07) is 9.51. The topological polar surface area (TPSA) is 12.9 Å². The molecule has 0 unspecified atom stereocenters. The third kappa shape index (κ3) is 1.82. The lowest BCUT2D eigenvalue weighted by molar-refractivity contribution is 1.27. The molecule has 1 aromatic heterocycles. The zero-order valence-corrected chi connectivity index (χ0v) is 7.49. The van der Waals surface area contributed by atoms with Crippen molar-refractivity contribution in [3.05, 3.63) is 53.7 Å². The Morgan fingerprint density at radius 1 is 0.929 bits per heavy atom. The van der Waals surface area contributed by atoms with Gasteiger partial charge >= 0.3 is 0 Å². The minimum absolute atomic E-state index is 0.181. The standard InChI is InChI=1S/C13H13N/c1-10-3-6-12(7-4-10)13-8-5-11(2)9-14-13/h3-9H,1-2H3/i1D3,2D3. The Balaban J connectivity index is 2.29. The Hall–Kier alpha value is -1.63. The van der Waals surface area contributed by atoms with Crippen LogP contribution in [0.2, 0.25) is 0 Å². The highest BCUT2D eigenvalue weighted by atomic mass is 14.7. The van der Waals surface area contributed by atoms with Crippen molar-refractivity contribution in [3.63, 3.8) is 0 Å². The molecule has 0 bridgehead atoms. The van der Waals surface area contributed by atoms with Gasteiger partial charge in [-0.1, -0.05) is 35.9 Å². The Morgan fingerprint density at radius 2 is 1.64 bits per heavy atom. The van der Waals surface area contributed by atoms with E-state index in [9.17, 15) is 0 Å². The van der Waals surface area contributed by atoms with Crippen LogP contribution in [0.25, 0.3) is 11.3 Å². The highest BCUT2D eigenvalue weighted by Crippen LogP contribution is 2.17. The van der Waals surface area contributed by atoms with Gasteiger partial charge in [-0.2, -0.15) is 0 Å². The maximum atomic E-state index is 7.30. The number of pyridine rings is 1. The van der Waals surface area contributed by atoms with Crippen molar-refractivity contribution in [2.24, 2.45) is 0 Å². The predicted octanol–water partition coefficient (Wildman–Crippen LogP) is 3.37. The summed E-state index contributed by atoms with van der Waals surface area (Å²) in [5.41, 5.74) is 1.80. The monoisotopic (exact) mass is 189 g/mol. The number of hydrogen-bond acceptors (Lipinski definition) is 1. The maximum absolute atomic E-state index is 7.30. The minimum atomic E-state index is -2.17. The molecular formula is C13H13N. The van der Waals surface area contributed by atoms with E-state index in [4.69, 9.17) is 8.22 Å². The molecular weight excluding hydrogens is 170 g/mol. The van der Waals surface area contributed by atoms with E-state index in [1.807, 2.05) is 0 Å². The third-order valence-corrected chi connectivity index (χ3v) is 1.94. The summed E-state index contributed by atoms with van der Waals surface area (Å²) < 4.78 is 43.7. The van der Waals surface area contributed by atoms with Gasteiger partial charge < -0.3 is 0 Å². The Bertz CT molecular complexity index is 525. The normalized spacial score (nSPS) is 18.3. The first-order valence-electron chi connectivity index (χ1n) is 7.25. The molecule has 0 spiro atoms. The highest BCUT2D eigenvalue weighted by molar-refractivity contribution is 5.59. The number of rotatable bonds is 1. The van der Waals surface area contributed by atoms with E-state index in [0.717, 1.165) is 5.56 Å². The van der Waals surface area contributed by atoms with Gasteiger partial charge in [0.25, 0.3) is 0 Å². The molecule has 0 amide bonds. The molecule has 0 saturated heterocycles. The highest BCUT2D eigenvalue weighted by Gasteiger charge is 1.97. The van der Waals surface area contributed by atoms with Crippen molar-refractivity contribution in [2.45, 2.75) is 13.7 Å². The summed E-state index contributed by atoms with van der Waals surface area (Å²) in [5.74, 6) is 0. The van der Waals surface area contributed by atoms with E-state index in [0.29, 0.717) is 5.69 Å². The Morgan fingerprint density at radius 3 is 2.21 bits per heavy atom. The van der Waals surface area contributed by atoms with E-state index in [1.54, 1.807) is 18.2 Å². The molecule has 14 heavy (non-hydrogen) atoms. The van der Waals surface area contributed by atoms with E-state index >= 15 is 0 Å². The summed E-state index contributed by atoms with van der Waals surface area (Å²) in [7, 11) is 0. The Labute approximate surface area is 92.9 Å². The summed E-state index contributed by atoms with van der Waals surface area (Å²) in [6.07, 6.45) is 1.32. The first kappa shape index (κ1) is 4.26. The summed E-state index contributed by atoms with van der Waals surface area (Å²) in [5, 5.41) is 0. The average Bonchev–Trinajstić information content (AvgIpc) is 2.37. The van der Waals surface area contributed by atoms with Crippen molar-refractivity contribution >= 4 is 0 Å². The van der Waals surface area contributed by atoms with E-state index in [2.05, 4.69) is 4.98 Å². The van der Waals surface area contributed by atoms with E-state index in [-0.39, 0.29) is 11.1 Å². The van der Waals surface area contributed by atoms with E-state index < -0.39 is 13.7 Å². The molecule has 1 nitrogen and oxygen atoms in total. The fourth-order valence-electron chi connectivity index (χ4n) is 1.21. The number of nitrogens with zero attached hydrogens (tertiary/aromatic N) is 1. The van der Waals surface area contributed by atoms with Gasteiger partial charge in [-0.3, -0.25) is 4.98 Å². The molecule has 0 aliphatic carbocycles. The van der Waals surface area contributed by atoms with Crippen molar-refractivity contribution in [1.29, 1.82) is 0 Å². The fraction of sp³-hybridized carbons (Fsp3) is 0.154. The molecule has 0 radical (unpaired) electrons. The molecule has 1 heterocycles. The molecule has 0 aliphatic heterocycles. The zero-order chi connectivity index (χ0) is 15.0. The predicted molar refractivity (Wildman–Crippen MR) is 59.1 cm³/mol. The SMILES string of the molecule is [2H]C([2H])([2H])c1ccc(-c2ccc(C([2H])([2H])[2H])cn2)cc1. The summed E-state index contributed by atoms with van der Waals surface area (Å²) in [6.45, 7) is -4.30. The summed E-state index contributed by atoms with van der Waals surface area (Å²) in [4.78, 5) is 4.11. The van der Waals surface area contributed by atoms with Crippen molar-refractivity contribution in [2.75, 3.05) is 0 Å². The first-order valence-corrected chi connectivity index (χ1v) is 4.25. The van der Waals surface area contributed by atoms with Gasteiger partial charge in [-0.25, -0.2) is 0 Å². The quantitative estimate of drug-likeness (QED) is 0.670.